The number of rotatable bonds is 7. The van der Waals surface area contributed by atoms with E-state index >= 15 is 0 Å². The highest BCUT2D eigenvalue weighted by Gasteiger charge is 2.49. The number of urea groups is 1. The van der Waals surface area contributed by atoms with Crippen LogP contribution in [0.25, 0.3) is 10.8 Å². The van der Waals surface area contributed by atoms with Gasteiger partial charge in [-0.05, 0) is 41.9 Å². The molecule has 7 heteroatoms. The van der Waals surface area contributed by atoms with Crippen LogP contribution >= 0.6 is 0 Å². The van der Waals surface area contributed by atoms with E-state index in [2.05, 4.69) is 22.5 Å². The Morgan fingerprint density at radius 1 is 0.941 bits per heavy atom. The molecule has 0 spiro atoms. The van der Waals surface area contributed by atoms with Crippen LogP contribution in [0.4, 0.5) is 4.79 Å². The largest absolute Gasteiger partial charge is 0.326 e. The Kier molecular flexibility index (Phi) is 5.63. The number of hydrogen-bond acceptors (Lipinski definition) is 4. The van der Waals surface area contributed by atoms with E-state index < -0.39 is 5.54 Å². The van der Waals surface area contributed by atoms with Crippen LogP contribution in [0, 0.1) is 0 Å². The van der Waals surface area contributed by atoms with Gasteiger partial charge in [0, 0.05) is 18.3 Å². The summed E-state index contributed by atoms with van der Waals surface area (Å²) in [5.74, 6) is -0.251. The molecule has 34 heavy (non-hydrogen) atoms. The molecule has 1 aliphatic heterocycles. The summed E-state index contributed by atoms with van der Waals surface area (Å²) < 4.78 is 1.89. The highest BCUT2D eigenvalue weighted by atomic mass is 16.2. The minimum Gasteiger partial charge on any atom is -0.319 e. The predicted molar refractivity (Wildman–Crippen MR) is 131 cm³/mol. The number of nitrogens with zero attached hydrogens (tertiary/aromatic N) is 4. The van der Waals surface area contributed by atoms with Crippen LogP contribution in [0.2, 0.25) is 0 Å². The zero-order chi connectivity index (χ0) is 23.7. The van der Waals surface area contributed by atoms with E-state index in [1.807, 2.05) is 89.7 Å². The minimum atomic E-state index is -1.09. The monoisotopic (exact) mass is 453 g/mol. The Labute approximate surface area is 198 Å². The number of carbonyl (C=O) groups is 2. The van der Waals surface area contributed by atoms with Crippen LogP contribution in [-0.4, -0.2) is 45.2 Å². The van der Waals surface area contributed by atoms with Gasteiger partial charge in [0.05, 0.1) is 19.4 Å². The summed E-state index contributed by atoms with van der Waals surface area (Å²) in [5, 5.41) is 9.48. The lowest BCUT2D eigenvalue weighted by Gasteiger charge is -2.25. The fraction of sp³-hybridized carbons (Fsp3) is 0.222. The molecule has 4 aromatic rings. The van der Waals surface area contributed by atoms with Gasteiger partial charge in [-0.2, -0.15) is 5.10 Å². The molecule has 2 heterocycles. The van der Waals surface area contributed by atoms with Crippen LogP contribution in [0.3, 0.4) is 0 Å². The number of nitrogens with one attached hydrogen (secondary N) is 1. The highest BCUT2D eigenvalue weighted by molar-refractivity contribution is 6.07. The van der Waals surface area contributed by atoms with Gasteiger partial charge in [0.15, 0.2) is 0 Å². The highest BCUT2D eigenvalue weighted by Crippen LogP contribution is 2.31. The maximum absolute atomic E-state index is 13.4. The maximum Gasteiger partial charge on any atom is 0.326 e. The van der Waals surface area contributed by atoms with E-state index in [1.165, 1.54) is 10.5 Å². The van der Waals surface area contributed by atoms with E-state index in [-0.39, 0.29) is 18.6 Å². The topological polar surface area (TPSA) is 70.5 Å². The van der Waals surface area contributed by atoms with Crippen molar-refractivity contribution in [1.29, 1.82) is 0 Å². The van der Waals surface area contributed by atoms with Gasteiger partial charge < -0.3 is 5.32 Å². The van der Waals surface area contributed by atoms with E-state index in [1.54, 1.807) is 6.92 Å². The molecule has 0 radical (unpaired) electrons. The summed E-state index contributed by atoms with van der Waals surface area (Å²) in [4.78, 5) is 29.4. The quantitative estimate of drug-likeness (QED) is 0.430. The fourth-order valence-electron chi connectivity index (χ4n) is 4.47. The second-order valence-corrected chi connectivity index (χ2v) is 9.04. The maximum atomic E-state index is 13.4. The Bertz CT molecular complexity index is 1350. The summed E-state index contributed by atoms with van der Waals surface area (Å²) in [6, 6.07) is 23.6. The molecule has 0 saturated carbocycles. The van der Waals surface area contributed by atoms with E-state index in [4.69, 9.17) is 0 Å². The number of hydrogen-bond donors (Lipinski definition) is 1. The van der Waals surface area contributed by atoms with Crippen molar-refractivity contribution < 1.29 is 9.59 Å². The summed E-state index contributed by atoms with van der Waals surface area (Å²) in [5.41, 5.74) is 1.88. The SMILES string of the molecule is CN(Cc1cnn(Cc2ccccc2)c1)CN1C(=O)N[C@@](C)(c2ccc3ccccc3c2)C1=O. The number of fused-ring (bicyclic) bond motifs is 1. The molecule has 0 aliphatic carbocycles. The number of carbonyl (C=O) groups excluding carboxylic acids is 2. The van der Waals surface area contributed by atoms with E-state index in [0.717, 1.165) is 21.9 Å². The van der Waals surface area contributed by atoms with Crippen LogP contribution in [0.5, 0.6) is 0 Å². The standard InChI is InChI=1S/C27H27N5O2/c1-27(24-13-12-22-10-6-7-11-23(22)14-24)25(33)32(26(34)29-27)19-30(2)16-21-15-28-31(18-21)17-20-8-4-3-5-9-20/h3-15,18H,16-17,19H2,1-2H3,(H,29,34)/t27-/m0/s1. The first kappa shape index (κ1) is 21.9. The van der Waals surface area contributed by atoms with Crippen LogP contribution in [0.1, 0.15) is 23.6 Å². The lowest BCUT2D eigenvalue weighted by molar-refractivity contribution is -0.132. The Morgan fingerprint density at radius 3 is 2.47 bits per heavy atom. The van der Waals surface area contributed by atoms with Gasteiger partial charge in [-0.15, -0.1) is 0 Å². The van der Waals surface area contributed by atoms with Gasteiger partial charge in [0.1, 0.15) is 5.54 Å². The lowest BCUT2D eigenvalue weighted by Crippen LogP contribution is -2.42. The van der Waals surface area contributed by atoms with Gasteiger partial charge in [0.2, 0.25) is 0 Å². The molecule has 1 saturated heterocycles. The van der Waals surface area contributed by atoms with Crippen molar-refractivity contribution in [2.24, 2.45) is 0 Å². The lowest BCUT2D eigenvalue weighted by atomic mass is 9.90. The first-order chi connectivity index (χ1) is 16.4. The van der Waals surface area contributed by atoms with Crippen molar-refractivity contribution in [3.05, 3.63) is 102 Å². The number of benzene rings is 3. The first-order valence-electron chi connectivity index (χ1n) is 11.3. The third-order valence-electron chi connectivity index (χ3n) is 6.31. The molecule has 3 amide bonds. The molecule has 1 N–H and O–H groups in total. The molecule has 0 bridgehead atoms. The molecule has 5 rings (SSSR count). The van der Waals surface area contributed by atoms with Gasteiger partial charge in [-0.1, -0.05) is 66.7 Å². The summed E-state index contributed by atoms with van der Waals surface area (Å²) in [6.45, 7) is 3.23. The van der Waals surface area contributed by atoms with Crippen molar-refractivity contribution in [2.75, 3.05) is 13.7 Å². The van der Waals surface area contributed by atoms with Crippen molar-refractivity contribution in [3.63, 3.8) is 0 Å². The van der Waals surface area contributed by atoms with Gasteiger partial charge in [-0.25, -0.2) is 9.69 Å². The van der Waals surface area contributed by atoms with Gasteiger partial charge >= 0.3 is 6.03 Å². The summed E-state index contributed by atoms with van der Waals surface area (Å²) in [6.07, 6.45) is 3.82. The smallest absolute Gasteiger partial charge is 0.319 e. The molecule has 1 aliphatic rings. The second kappa shape index (κ2) is 8.76. The van der Waals surface area contributed by atoms with E-state index in [9.17, 15) is 9.59 Å². The fourth-order valence-corrected chi connectivity index (χ4v) is 4.47. The normalized spacial score (nSPS) is 18.1. The zero-order valence-electron chi connectivity index (χ0n) is 19.3. The molecule has 3 aromatic carbocycles. The Balaban J connectivity index is 1.26. The number of aromatic nitrogens is 2. The Hall–Kier alpha value is -3.97. The van der Waals surface area contributed by atoms with Gasteiger partial charge in [-0.3, -0.25) is 14.4 Å². The Morgan fingerprint density at radius 2 is 1.68 bits per heavy atom. The molecule has 0 unspecified atom stereocenters. The first-order valence-corrected chi connectivity index (χ1v) is 11.3. The van der Waals surface area contributed by atoms with E-state index in [0.29, 0.717) is 13.1 Å². The van der Waals surface area contributed by atoms with Gasteiger partial charge in [0.25, 0.3) is 5.91 Å². The number of imide groups is 1. The van der Waals surface area contributed by atoms with Crippen LogP contribution in [0.15, 0.2) is 85.2 Å². The molecule has 1 atom stereocenters. The van der Waals surface area contributed by atoms with Crippen LogP contribution < -0.4 is 5.32 Å². The number of amides is 3. The molecular formula is C27H27N5O2. The second-order valence-electron chi connectivity index (χ2n) is 9.04. The zero-order valence-corrected chi connectivity index (χ0v) is 19.3. The third kappa shape index (κ3) is 4.18. The summed E-state index contributed by atoms with van der Waals surface area (Å²) >= 11 is 0. The average Bonchev–Trinajstić information content (AvgIpc) is 3.36. The van der Waals surface area contributed by atoms with Crippen molar-refractivity contribution in [2.45, 2.75) is 25.6 Å². The average molecular weight is 454 g/mol. The minimum absolute atomic E-state index is 0.192. The van der Waals surface area contributed by atoms with Crippen molar-refractivity contribution in [1.82, 2.24) is 24.9 Å². The molecule has 1 fully saturated rings. The van der Waals surface area contributed by atoms with Crippen molar-refractivity contribution >= 4 is 22.7 Å². The molecule has 172 valence electrons. The van der Waals surface area contributed by atoms with Crippen molar-refractivity contribution in [3.8, 4) is 0 Å². The predicted octanol–water partition coefficient (Wildman–Crippen LogP) is 3.94. The molecule has 7 nitrogen and oxygen atoms in total. The molecule has 1 aromatic heterocycles. The third-order valence-corrected chi connectivity index (χ3v) is 6.31. The summed E-state index contributed by atoms with van der Waals surface area (Å²) in [7, 11) is 1.89. The molecular weight excluding hydrogens is 426 g/mol. The van der Waals surface area contributed by atoms with Crippen LogP contribution in [-0.2, 0) is 23.4 Å².